The predicted molar refractivity (Wildman–Crippen MR) is 83.7 cm³/mol. The van der Waals surface area contributed by atoms with Crippen molar-refractivity contribution >= 4 is 11.3 Å². The highest BCUT2D eigenvalue weighted by Crippen LogP contribution is 2.43. The molecule has 0 amide bonds. The first-order chi connectivity index (χ1) is 8.78. The molecular formula is C16H28N2S. The van der Waals surface area contributed by atoms with E-state index in [0.717, 1.165) is 11.8 Å². The van der Waals surface area contributed by atoms with Crippen LogP contribution in [0.15, 0.2) is 5.38 Å². The van der Waals surface area contributed by atoms with Crippen molar-refractivity contribution in [3.63, 3.8) is 0 Å². The second-order valence-electron chi connectivity index (χ2n) is 7.32. The van der Waals surface area contributed by atoms with Crippen molar-refractivity contribution in [1.82, 2.24) is 10.3 Å². The summed E-state index contributed by atoms with van der Waals surface area (Å²) in [6.07, 6.45) is 3.72. The van der Waals surface area contributed by atoms with Gasteiger partial charge in [0, 0.05) is 10.8 Å². The predicted octanol–water partition coefficient (Wildman–Crippen LogP) is 4.31. The van der Waals surface area contributed by atoms with Crippen molar-refractivity contribution in [2.24, 2.45) is 11.8 Å². The summed E-state index contributed by atoms with van der Waals surface area (Å²) in [6, 6.07) is 0. The third-order valence-electron chi connectivity index (χ3n) is 4.83. The van der Waals surface area contributed by atoms with Crippen molar-refractivity contribution in [2.75, 3.05) is 7.05 Å². The average Bonchev–Trinajstić information content (AvgIpc) is 2.82. The zero-order valence-corrected chi connectivity index (χ0v) is 14.0. The van der Waals surface area contributed by atoms with Gasteiger partial charge in [-0.15, -0.1) is 11.3 Å². The summed E-state index contributed by atoms with van der Waals surface area (Å²) < 4.78 is 0. The van der Waals surface area contributed by atoms with E-state index >= 15 is 0 Å². The standard InChI is InChI=1S/C16H28N2S/c1-11-7-8-16(17-6,9-12(11)2)14-18-13(10-19-14)15(3,4)5/h10-12,17H,7-9H2,1-6H3. The Kier molecular flexibility index (Phi) is 4.08. The first-order valence-electron chi connectivity index (χ1n) is 7.44. The molecule has 1 fully saturated rings. The molecule has 3 atom stereocenters. The van der Waals surface area contributed by atoms with E-state index < -0.39 is 0 Å². The number of aromatic nitrogens is 1. The second-order valence-corrected chi connectivity index (χ2v) is 8.18. The minimum Gasteiger partial charge on any atom is -0.308 e. The van der Waals surface area contributed by atoms with Gasteiger partial charge in [-0.05, 0) is 38.1 Å². The molecule has 0 spiro atoms. The highest BCUT2D eigenvalue weighted by molar-refractivity contribution is 7.09. The van der Waals surface area contributed by atoms with Gasteiger partial charge in [0.05, 0.1) is 11.2 Å². The van der Waals surface area contributed by atoms with Gasteiger partial charge in [0.15, 0.2) is 0 Å². The minimum atomic E-state index is 0.111. The Bertz CT molecular complexity index is 432. The zero-order chi connectivity index (χ0) is 14.3. The molecule has 2 nitrogen and oxygen atoms in total. The molecule has 2 rings (SSSR count). The van der Waals surface area contributed by atoms with Gasteiger partial charge in [0.2, 0.25) is 0 Å². The topological polar surface area (TPSA) is 24.9 Å². The Morgan fingerprint density at radius 2 is 2.00 bits per heavy atom. The zero-order valence-electron chi connectivity index (χ0n) is 13.2. The number of nitrogens with one attached hydrogen (secondary N) is 1. The van der Waals surface area contributed by atoms with E-state index in [1.165, 1.54) is 30.0 Å². The van der Waals surface area contributed by atoms with E-state index in [0.29, 0.717) is 0 Å². The van der Waals surface area contributed by atoms with E-state index in [9.17, 15) is 0 Å². The summed E-state index contributed by atoms with van der Waals surface area (Å²) >= 11 is 1.84. The molecule has 0 radical (unpaired) electrons. The van der Waals surface area contributed by atoms with Crippen LogP contribution in [0.25, 0.3) is 0 Å². The molecule has 3 heteroatoms. The fourth-order valence-corrected chi connectivity index (χ4v) is 4.27. The lowest BCUT2D eigenvalue weighted by atomic mass is 9.71. The third kappa shape index (κ3) is 2.87. The van der Waals surface area contributed by atoms with Crippen molar-refractivity contribution < 1.29 is 0 Å². The molecular weight excluding hydrogens is 252 g/mol. The lowest BCUT2D eigenvalue weighted by Crippen LogP contribution is -2.45. The van der Waals surface area contributed by atoms with Crippen LogP contribution in [0.5, 0.6) is 0 Å². The monoisotopic (exact) mass is 280 g/mol. The van der Waals surface area contributed by atoms with E-state index in [-0.39, 0.29) is 11.0 Å². The third-order valence-corrected chi connectivity index (χ3v) is 5.88. The van der Waals surface area contributed by atoms with Gasteiger partial charge < -0.3 is 5.32 Å². The van der Waals surface area contributed by atoms with Gasteiger partial charge in [-0.2, -0.15) is 0 Å². The molecule has 1 saturated carbocycles. The summed E-state index contributed by atoms with van der Waals surface area (Å²) in [5.41, 5.74) is 1.49. The molecule has 108 valence electrons. The van der Waals surface area contributed by atoms with Crippen molar-refractivity contribution in [2.45, 2.75) is 64.8 Å². The summed E-state index contributed by atoms with van der Waals surface area (Å²) in [6.45, 7) is 11.5. The quantitative estimate of drug-likeness (QED) is 0.873. The van der Waals surface area contributed by atoms with Gasteiger partial charge >= 0.3 is 0 Å². The summed E-state index contributed by atoms with van der Waals surface area (Å²) in [7, 11) is 2.10. The number of rotatable bonds is 2. The number of nitrogens with zero attached hydrogens (tertiary/aromatic N) is 1. The van der Waals surface area contributed by atoms with Crippen LogP contribution in [0.2, 0.25) is 0 Å². The Morgan fingerprint density at radius 1 is 1.32 bits per heavy atom. The van der Waals surface area contributed by atoms with Crippen LogP contribution in [-0.4, -0.2) is 12.0 Å². The fourth-order valence-electron chi connectivity index (χ4n) is 2.98. The largest absolute Gasteiger partial charge is 0.308 e. The van der Waals surface area contributed by atoms with Gasteiger partial charge in [-0.1, -0.05) is 34.6 Å². The molecule has 1 heterocycles. The van der Waals surface area contributed by atoms with Crippen LogP contribution in [0.1, 0.15) is 64.6 Å². The number of thiazole rings is 1. The molecule has 0 saturated heterocycles. The van der Waals surface area contributed by atoms with E-state index in [2.05, 4.69) is 52.4 Å². The SMILES string of the molecule is CNC1(c2nc(C(C)(C)C)cs2)CCC(C)C(C)C1. The summed E-state index contributed by atoms with van der Waals surface area (Å²) in [5.74, 6) is 1.60. The molecule has 1 aliphatic rings. The molecule has 1 aliphatic carbocycles. The molecule has 3 unspecified atom stereocenters. The highest BCUT2D eigenvalue weighted by Gasteiger charge is 2.40. The lowest BCUT2D eigenvalue weighted by Gasteiger charge is -2.41. The smallest absolute Gasteiger partial charge is 0.113 e. The van der Waals surface area contributed by atoms with Crippen LogP contribution >= 0.6 is 11.3 Å². The molecule has 0 aromatic carbocycles. The summed E-state index contributed by atoms with van der Waals surface area (Å²) in [5, 5.41) is 7.13. The van der Waals surface area contributed by atoms with Gasteiger partial charge in [-0.3, -0.25) is 0 Å². The molecule has 1 aromatic rings. The highest BCUT2D eigenvalue weighted by atomic mass is 32.1. The van der Waals surface area contributed by atoms with Crippen molar-refractivity contribution in [3.8, 4) is 0 Å². The van der Waals surface area contributed by atoms with Gasteiger partial charge in [0.1, 0.15) is 5.01 Å². The van der Waals surface area contributed by atoms with Crippen LogP contribution in [0, 0.1) is 11.8 Å². The molecule has 0 bridgehead atoms. The first-order valence-corrected chi connectivity index (χ1v) is 8.32. The summed E-state index contributed by atoms with van der Waals surface area (Å²) in [4.78, 5) is 4.96. The van der Waals surface area contributed by atoms with Crippen LogP contribution in [0.4, 0.5) is 0 Å². The first kappa shape index (κ1) is 15.0. The van der Waals surface area contributed by atoms with Crippen molar-refractivity contribution in [1.29, 1.82) is 0 Å². The Labute approximate surface area is 122 Å². The minimum absolute atomic E-state index is 0.111. The molecule has 19 heavy (non-hydrogen) atoms. The van der Waals surface area contributed by atoms with E-state index in [4.69, 9.17) is 4.98 Å². The van der Waals surface area contributed by atoms with Crippen molar-refractivity contribution in [3.05, 3.63) is 16.1 Å². The molecule has 0 aliphatic heterocycles. The average molecular weight is 280 g/mol. The maximum absolute atomic E-state index is 4.96. The fraction of sp³-hybridized carbons (Fsp3) is 0.812. The van der Waals surface area contributed by atoms with Gasteiger partial charge in [-0.25, -0.2) is 4.98 Å². The second kappa shape index (κ2) is 5.17. The maximum Gasteiger partial charge on any atom is 0.113 e. The van der Waals surface area contributed by atoms with Gasteiger partial charge in [0.25, 0.3) is 0 Å². The number of hydrogen-bond donors (Lipinski definition) is 1. The normalized spacial score (nSPS) is 32.5. The Hall–Kier alpha value is -0.410. The molecule has 1 aromatic heterocycles. The lowest BCUT2D eigenvalue weighted by molar-refractivity contribution is 0.148. The van der Waals surface area contributed by atoms with Crippen LogP contribution in [0.3, 0.4) is 0 Å². The van der Waals surface area contributed by atoms with Crippen LogP contribution < -0.4 is 5.32 Å². The molecule has 1 N–H and O–H groups in total. The number of hydrogen-bond acceptors (Lipinski definition) is 3. The maximum atomic E-state index is 4.96. The van der Waals surface area contributed by atoms with E-state index in [1.807, 2.05) is 11.3 Å². The Morgan fingerprint density at radius 3 is 2.47 bits per heavy atom. The van der Waals surface area contributed by atoms with E-state index in [1.54, 1.807) is 0 Å². The Balaban J connectivity index is 2.29. The van der Waals surface area contributed by atoms with Crippen LogP contribution in [-0.2, 0) is 11.0 Å².